The minimum Gasteiger partial charge on any atom is -0.483 e. The van der Waals surface area contributed by atoms with Crippen LogP contribution < -0.4 is 15.0 Å². The predicted molar refractivity (Wildman–Crippen MR) is 102 cm³/mol. The Bertz CT molecular complexity index is 662. The molecule has 1 N–H and O–H groups in total. The summed E-state index contributed by atoms with van der Waals surface area (Å²) in [5.74, 6) is 0.562. The second-order valence-corrected chi connectivity index (χ2v) is 6.37. The average molecular weight is 391 g/mol. The molecule has 0 saturated heterocycles. The largest absolute Gasteiger partial charge is 0.483 e. The maximum Gasteiger partial charge on any atom is 0.258 e. The molecule has 5 heteroatoms. The number of carbonyl (C=O) groups excluding carboxylic acids is 1. The van der Waals surface area contributed by atoms with Crippen molar-refractivity contribution in [1.82, 2.24) is 5.32 Å². The summed E-state index contributed by atoms with van der Waals surface area (Å²) in [7, 11) is 2.00. The van der Waals surface area contributed by atoms with E-state index in [-0.39, 0.29) is 12.5 Å². The van der Waals surface area contributed by atoms with Crippen LogP contribution in [0.4, 0.5) is 5.69 Å². The first-order valence-corrected chi connectivity index (χ1v) is 8.83. The number of hydrogen-bond acceptors (Lipinski definition) is 3. The van der Waals surface area contributed by atoms with Crippen molar-refractivity contribution in [3.05, 3.63) is 58.6 Å². The Hall–Kier alpha value is -2.01. The van der Waals surface area contributed by atoms with E-state index in [0.717, 1.165) is 23.1 Å². The Balaban J connectivity index is 1.72. The van der Waals surface area contributed by atoms with Crippen molar-refractivity contribution in [3.8, 4) is 5.75 Å². The van der Waals surface area contributed by atoms with Crippen LogP contribution in [0.25, 0.3) is 0 Å². The Labute approximate surface area is 151 Å². The Morgan fingerprint density at radius 2 is 1.96 bits per heavy atom. The summed E-state index contributed by atoms with van der Waals surface area (Å²) < 4.78 is 6.44. The van der Waals surface area contributed by atoms with Crippen molar-refractivity contribution in [1.29, 1.82) is 0 Å². The SMILES string of the molecule is CCc1ccc(OCC(=O)NCCN(C)c2ccccc2)c(Br)c1. The third kappa shape index (κ3) is 5.57. The highest BCUT2D eigenvalue weighted by Crippen LogP contribution is 2.26. The number of benzene rings is 2. The lowest BCUT2D eigenvalue weighted by Crippen LogP contribution is -2.35. The Kier molecular flexibility index (Phi) is 7.12. The summed E-state index contributed by atoms with van der Waals surface area (Å²) >= 11 is 3.47. The lowest BCUT2D eigenvalue weighted by molar-refractivity contribution is -0.123. The van der Waals surface area contributed by atoms with Crippen LogP contribution in [-0.2, 0) is 11.2 Å². The number of nitrogens with one attached hydrogen (secondary N) is 1. The van der Waals surface area contributed by atoms with E-state index in [4.69, 9.17) is 4.74 Å². The molecule has 0 aromatic heterocycles. The van der Waals surface area contributed by atoms with E-state index in [9.17, 15) is 4.79 Å². The van der Waals surface area contributed by atoms with Crippen LogP contribution in [0.5, 0.6) is 5.75 Å². The van der Waals surface area contributed by atoms with Gasteiger partial charge in [0, 0.05) is 25.8 Å². The van der Waals surface area contributed by atoms with E-state index in [2.05, 4.69) is 33.1 Å². The molecule has 0 spiro atoms. The number of amides is 1. The smallest absolute Gasteiger partial charge is 0.258 e. The molecule has 0 aliphatic carbocycles. The van der Waals surface area contributed by atoms with Crippen LogP contribution in [0.2, 0.25) is 0 Å². The fourth-order valence-corrected chi connectivity index (χ4v) is 2.79. The summed E-state index contributed by atoms with van der Waals surface area (Å²) in [4.78, 5) is 14.0. The number of aryl methyl sites for hydroxylation is 1. The second-order valence-electron chi connectivity index (χ2n) is 5.51. The zero-order valence-electron chi connectivity index (χ0n) is 14.1. The standard InChI is InChI=1S/C19H23BrN2O2/c1-3-15-9-10-18(17(20)13-15)24-14-19(23)21-11-12-22(2)16-7-5-4-6-8-16/h4-10,13H,3,11-12,14H2,1-2H3,(H,21,23). The van der Waals surface area contributed by atoms with Crippen LogP contribution in [0, 0.1) is 0 Å². The lowest BCUT2D eigenvalue weighted by Gasteiger charge is -2.19. The van der Waals surface area contributed by atoms with Gasteiger partial charge in [-0.3, -0.25) is 4.79 Å². The molecule has 0 atom stereocenters. The van der Waals surface area contributed by atoms with Gasteiger partial charge in [0.05, 0.1) is 4.47 Å². The lowest BCUT2D eigenvalue weighted by atomic mass is 10.2. The summed E-state index contributed by atoms with van der Waals surface area (Å²) in [5.41, 5.74) is 2.35. The zero-order valence-corrected chi connectivity index (χ0v) is 15.7. The van der Waals surface area contributed by atoms with Gasteiger partial charge in [0.25, 0.3) is 5.91 Å². The van der Waals surface area contributed by atoms with Gasteiger partial charge in [0.1, 0.15) is 5.75 Å². The predicted octanol–water partition coefficient (Wildman–Crippen LogP) is 3.64. The molecule has 0 saturated carbocycles. The van der Waals surface area contributed by atoms with E-state index in [1.54, 1.807) is 0 Å². The van der Waals surface area contributed by atoms with Gasteiger partial charge in [-0.1, -0.05) is 31.2 Å². The Morgan fingerprint density at radius 3 is 2.62 bits per heavy atom. The van der Waals surface area contributed by atoms with Gasteiger partial charge < -0.3 is 15.0 Å². The van der Waals surface area contributed by atoms with Crippen molar-refractivity contribution in [2.75, 3.05) is 31.6 Å². The van der Waals surface area contributed by atoms with Crippen LogP contribution >= 0.6 is 15.9 Å². The third-order valence-electron chi connectivity index (χ3n) is 3.73. The van der Waals surface area contributed by atoms with Gasteiger partial charge in [-0.25, -0.2) is 0 Å². The minimum absolute atomic E-state index is 0.0130. The van der Waals surface area contributed by atoms with Crippen molar-refractivity contribution < 1.29 is 9.53 Å². The van der Waals surface area contributed by atoms with Gasteiger partial charge in [-0.2, -0.15) is 0 Å². The zero-order chi connectivity index (χ0) is 17.4. The molecule has 2 aromatic carbocycles. The first-order valence-electron chi connectivity index (χ1n) is 8.04. The molecule has 0 heterocycles. The molecular formula is C19H23BrN2O2. The molecule has 2 aromatic rings. The van der Waals surface area contributed by atoms with Gasteiger partial charge in [-0.05, 0) is 52.2 Å². The van der Waals surface area contributed by atoms with Crippen molar-refractivity contribution in [3.63, 3.8) is 0 Å². The summed E-state index contributed by atoms with van der Waals surface area (Å²) in [6.07, 6.45) is 0.967. The van der Waals surface area contributed by atoms with Gasteiger partial charge in [0.2, 0.25) is 0 Å². The van der Waals surface area contributed by atoms with E-state index < -0.39 is 0 Å². The third-order valence-corrected chi connectivity index (χ3v) is 4.35. The fraction of sp³-hybridized carbons (Fsp3) is 0.316. The number of rotatable bonds is 8. The highest BCUT2D eigenvalue weighted by Gasteiger charge is 2.07. The maximum absolute atomic E-state index is 11.9. The maximum atomic E-state index is 11.9. The highest BCUT2D eigenvalue weighted by atomic mass is 79.9. The van der Waals surface area contributed by atoms with E-state index in [1.165, 1.54) is 5.56 Å². The molecule has 0 aliphatic rings. The summed E-state index contributed by atoms with van der Waals surface area (Å²) in [6, 6.07) is 16.0. The number of hydrogen-bond donors (Lipinski definition) is 1. The van der Waals surface area contributed by atoms with Crippen LogP contribution in [0.3, 0.4) is 0 Å². The molecule has 0 unspecified atom stereocenters. The topological polar surface area (TPSA) is 41.6 Å². The molecular weight excluding hydrogens is 368 g/mol. The van der Waals surface area contributed by atoms with Crippen molar-refractivity contribution in [2.45, 2.75) is 13.3 Å². The molecule has 0 fully saturated rings. The molecule has 4 nitrogen and oxygen atoms in total. The van der Waals surface area contributed by atoms with Crippen molar-refractivity contribution >= 4 is 27.5 Å². The van der Waals surface area contributed by atoms with Gasteiger partial charge in [-0.15, -0.1) is 0 Å². The van der Waals surface area contributed by atoms with E-state index in [0.29, 0.717) is 12.3 Å². The summed E-state index contributed by atoms with van der Waals surface area (Å²) in [6.45, 7) is 3.43. The number of halogens is 1. The quantitative estimate of drug-likeness (QED) is 0.747. The molecule has 0 radical (unpaired) electrons. The first kappa shape index (κ1) is 18.3. The molecule has 1 amide bonds. The van der Waals surface area contributed by atoms with Crippen LogP contribution in [-0.4, -0.2) is 32.7 Å². The molecule has 2 rings (SSSR count). The molecule has 0 aliphatic heterocycles. The van der Waals surface area contributed by atoms with Crippen LogP contribution in [0.1, 0.15) is 12.5 Å². The van der Waals surface area contributed by atoms with Crippen molar-refractivity contribution in [2.24, 2.45) is 0 Å². The Morgan fingerprint density at radius 1 is 1.21 bits per heavy atom. The number of likely N-dealkylation sites (N-methyl/N-ethyl adjacent to an activating group) is 1. The van der Waals surface area contributed by atoms with Gasteiger partial charge >= 0.3 is 0 Å². The first-order chi connectivity index (χ1) is 11.6. The summed E-state index contributed by atoms with van der Waals surface area (Å²) in [5, 5.41) is 2.87. The highest BCUT2D eigenvalue weighted by molar-refractivity contribution is 9.10. The molecule has 0 bridgehead atoms. The second kappa shape index (κ2) is 9.33. The van der Waals surface area contributed by atoms with Crippen LogP contribution in [0.15, 0.2) is 53.0 Å². The monoisotopic (exact) mass is 390 g/mol. The average Bonchev–Trinajstić information content (AvgIpc) is 2.61. The number of ether oxygens (including phenoxy) is 1. The number of para-hydroxylation sites is 1. The fourth-order valence-electron chi connectivity index (χ4n) is 2.25. The van der Waals surface area contributed by atoms with Gasteiger partial charge in [0.15, 0.2) is 6.61 Å². The molecule has 128 valence electrons. The van der Waals surface area contributed by atoms with E-state index >= 15 is 0 Å². The minimum atomic E-state index is -0.122. The number of nitrogens with zero attached hydrogens (tertiary/aromatic N) is 1. The number of anilines is 1. The van der Waals surface area contributed by atoms with E-state index in [1.807, 2.05) is 55.6 Å². The normalized spacial score (nSPS) is 10.3. The molecule has 24 heavy (non-hydrogen) atoms. The number of carbonyl (C=O) groups is 1.